The highest BCUT2D eigenvalue weighted by Gasteiger charge is 2.37. The van der Waals surface area contributed by atoms with Crippen molar-refractivity contribution >= 4 is 0 Å². The number of aliphatic hydroxyl groups excluding tert-OH is 3. The van der Waals surface area contributed by atoms with Gasteiger partial charge in [0.25, 0.3) is 0 Å². The third-order valence-electron chi connectivity index (χ3n) is 7.06. The Morgan fingerprint density at radius 2 is 1.24 bits per heavy atom. The number of rotatable bonds is 4. The fourth-order valence-corrected chi connectivity index (χ4v) is 4.83. The van der Waals surface area contributed by atoms with Gasteiger partial charge in [-0.2, -0.15) is 0 Å². The third-order valence-corrected chi connectivity index (χ3v) is 7.06. The highest BCUT2D eigenvalue weighted by atomic mass is 16.3. The average Bonchev–Trinajstić information content (AvgIpc) is 3.33. The van der Waals surface area contributed by atoms with Gasteiger partial charge in [-0.25, -0.2) is 0 Å². The lowest BCUT2D eigenvalue weighted by Gasteiger charge is -2.28. The summed E-state index contributed by atoms with van der Waals surface area (Å²) < 4.78 is 0. The van der Waals surface area contributed by atoms with Crippen molar-refractivity contribution in [2.24, 2.45) is 16.2 Å². The summed E-state index contributed by atoms with van der Waals surface area (Å²) in [5.74, 6) is 0. The molecule has 3 heterocycles. The molecule has 3 rings (SSSR count). The van der Waals surface area contributed by atoms with E-state index in [4.69, 9.17) is 10.2 Å². The quantitative estimate of drug-likeness (QED) is 0.650. The van der Waals surface area contributed by atoms with Gasteiger partial charge in [0.15, 0.2) is 0 Å². The Morgan fingerprint density at radius 3 is 1.48 bits per heavy atom. The van der Waals surface area contributed by atoms with E-state index >= 15 is 0 Å². The first kappa shape index (κ1) is 26.8. The molecule has 3 aliphatic heterocycles. The van der Waals surface area contributed by atoms with Crippen LogP contribution < -0.4 is 0 Å². The zero-order valence-corrected chi connectivity index (χ0v) is 20.2. The Balaban J connectivity index is 0.000000220. The lowest BCUT2D eigenvalue weighted by Crippen LogP contribution is -2.34. The van der Waals surface area contributed by atoms with Gasteiger partial charge >= 0.3 is 0 Å². The molecular weight excluding hydrogens is 366 g/mol. The molecule has 6 nitrogen and oxygen atoms in total. The van der Waals surface area contributed by atoms with Crippen molar-refractivity contribution in [3.63, 3.8) is 0 Å². The van der Waals surface area contributed by atoms with Crippen molar-refractivity contribution in [3.8, 4) is 0 Å². The maximum absolute atomic E-state index is 9.71. The van der Waals surface area contributed by atoms with Crippen molar-refractivity contribution in [3.05, 3.63) is 0 Å². The molecule has 2 unspecified atom stereocenters. The first-order chi connectivity index (χ1) is 13.4. The van der Waals surface area contributed by atoms with Crippen molar-refractivity contribution in [2.75, 3.05) is 73.6 Å². The molecule has 3 aliphatic rings. The number of hydrogen-bond donors (Lipinski definition) is 3. The van der Waals surface area contributed by atoms with Crippen molar-refractivity contribution in [2.45, 2.75) is 59.5 Å². The molecule has 29 heavy (non-hydrogen) atoms. The smallest absolute Gasteiger partial charge is 0.0603 e. The van der Waals surface area contributed by atoms with Gasteiger partial charge in [0.1, 0.15) is 0 Å². The topological polar surface area (TPSA) is 70.4 Å². The van der Waals surface area contributed by atoms with E-state index in [0.717, 1.165) is 45.4 Å². The van der Waals surface area contributed by atoms with Crippen LogP contribution >= 0.6 is 0 Å². The number of hydrogen-bond acceptors (Lipinski definition) is 6. The van der Waals surface area contributed by atoms with Crippen LogP contribution in [-0.2, 0) is 0 Å². The van der Waals surface area contributed by atoms with Gasteiger partial charge in [0, 0.05) is 30.5 Å². The molecule has 3 saturated heterocycles. The van der Waals surface area contributed by atoms with E-state index in [1.165, 1.54) is 19.5 Å². The lowest BCUT2D eigenvalue weighted by atomic mass is 9.82. The molecular formula is C23H49N3O3. The molecule has 0 radical (unpaired) electrons. The van der Waals surface area contributed by atoms with E-state index in [-0.39, 0.29) is 30.1 Å². The van der Waals surface area contributed by atoms with Gasteiger partial charge in [-0.05, 0) is 71.9 Å². The molecule has 2 atom stereocenters. The third kappa shape index (κ3) is 8.42. The Hall–Kier alpha value is -0.240. The maximum Gasteiger partial charge on any atom is 0.0603 e. The fourth-order valence-electron chi connectivity index (χ4n) is 4.83. The molecule has 6 heteroatoms. The molecule has 174 valence electrons. The summed E-state index contributed by atoms with van der Waals surface area (Å²) in [6.07, 6.45) is 4.18. The second-order valence-corrected chi connectivity index (χ2v) is 11.0. The predicted octanol–water partition coefficient (Wildman–Crippen LogP) is 1.74. The van der Waals surface area contributed by atoms with Crippen LogP contribution in [0.1, 0.15) is 53.4 Å². The monoisotopic (exact) mass is 415 g/mol. The highest BCUT2D eigenvalue weighted by molar-refractivity contribution is 4.90. The normalized spacial score (nSPS) is 30.4. The van der Waals surface area contributed by atoms with E-state index < -0.39 is 0 Å². The van der Waals surface area contributed by atoms with Crippen LogP contribution in [0, 0.1) is 16.2 Å². The molecule has 0 aromatic carbocycles. The Morgan fingerprint density at radius 1 is 0.759 bits per heavy atom. The molecule has 0 saturated carbocycles. The van der Waals surface area contributed by atoms with Crippen molar-refractivity contribution in [1.29, 1.82) is 0 Å². The number of nitrogens with zero attached hydrogens (tertiary/aromatic N) is 3. The van der Waals surface area contributed by atoms with E-state index in [1.54, 1.807) is 0 Å². The molecule has 0 bridgehead atoms. The van der Waals surface area contributed by atoms with Gasteiger partial charge in [0.05, 0.1) is 19.3 Å². The van der Waals surface area contributed by atoms with Crippen LogP contribution in [0.15, 0.2) is 0 Å². The SMILES string of the molecule is CCC(O)C1(C)CCN(C)C1.CN1CCC(C)(C)C1.CN1CCC(CO)(CO)C1. The van der Waals surface area contributed by atoms with Crippen molar-refractivity contribution < 1.29 is 15.3 Å². The van der Waals surface area contributed by atoms with Crippen LogP contribution in [0.5, 0.6) is 0 Å². The average molecular weight is 416 g/mol. The van der Waals surface area contributed by atoms with E-state index in [2.05, 4.69) is 49.6 Å². The first-order valence-electron chi connectivity index (χ1n) is 11.4. The van der Waals surface area contributed by atoms with E-state index in [9.17, 15) is 5.11 Å². The van der Waals surface area contributed by atoms with Gasteiger partial charge < -0.3 is 30.0 Å². The lowest BCUT2D eigenvalue weighted by molar-refractivity contribution is 0.0420. The summed E-state index contributed by atoms with van der Waals surface area (Å²) in [7, 11) is 6.31. The van der Waals surface area contributed by atoms with E-state index in [0.29, 0.717) is 5.41 Å². The van der Waals surface area contributed by atoms with Crippen LogP contribution in [-0.4, -0.2) is 110 Å². The Bertz CT molecular complexity index is 470. The molecule has 0 spiro atoms. The minimum Gasteiger partial charge on any atom is -0.396 e. The second-order valence-electron chi connectivity index (χ2n) is 11.0. The van der Waals surface area contributed by atoms with Gasteiger partial charge in [-0.15, -0.1) is 0 Å². The minimum atomic E-state index is -0.214. The number of aliphatic hydroxyl groups is 3. The van der Waals surface area contributed by atoms with Gasteiger partial charge in [0.2, 0.25) is 0 Å². The minimum absolute atomic E-state index is 0.105. The largest absolute Gasteiger partial charge is 0.396 e. The van der Waals surface area contributed by atoms with Gasteiger partial charge in [-0.3, -0.25) is 0 Å². The Kier molecular flexibility index (Phi) is 10.5. The molecule has 0 aromatic heterocycles. The summed E-state index contributed by atoms with van der Waals surface area (Å²) >= 11 is 0. The summed E-state index contributed by atoms with van der Waals surface area (Å²) in [6.45, 7) is 15.6. The zero-order valence-electron chi connectivity index (χ0n) is 20.2. The standard InChI is InChI=1S/C9H19NO.C7H15NO2.C7H15N/c1-4-8(11)9(2)5-6-10(3)7-9;1-8-3-2-7(4-8,5-9)6-10;1-7(2)4-5-8(3)6-7/h8,11H,4-7H2,1-3H3;9-10H,2-6H2,1H3;4-6H2,1-3H3. The van der Waals surface area contributed by atoms with Crippen LogP contribution in [0.4, 0.5) is 0 Å². The van der Waals surface area contributed by atoms with E-state index in [1.807, 2.05) is 14.0 Å². The number of likely N-dealkylation sites (tertiary alicyclic amines) is 3. The van der Waals surface area contributed by atoms with Crippen LogP contribution in [0.2, 0.25) is 0 Å². The van der Waals surface area contributed by atoms with Gasteiger partial charge in [-0.1, -0.05) is 27.7 Å². The Labute approximate surface area is 179 Å². The molecule has 0 aliphatic carbocycles. The summed E-state index contributed by atoms with van der Waals surface area (Å²) in [4.78, 5) is 6.81. The summed E-state index contributed by atoms with van der Waals surface area (Å²) in [6, 6.07) is 0. The summed E-state index contributed by atoms with van der Waals surface area (Å²) in [5.41, 5.74) is 0.535. The molecule has 0 aromatic rings. The predicted molar refractivity (Wildman–Crippen MR) is 121 cm³/mol. The second kappa shape index (κ2) is 11.4. The highest BCUT2D eigenvalue weighted by Crippen LogP contribution is 2.33. The first-order valence-corrected chi connectivity index (χ1v) is 11.4. The van der Waals surface area contributed by atoms with Crippen LogP contribution in [0.3, 0.4) is 0 Å². The maximum atomic E-state index is 9.71. The molecule has 3 fully saturated rings. The van der Waals surface area contributed by atoms with Crippen LogP contribution in [0.25, 0.3) is 0 Å². The van der Waals surface area contributed by atoms with Crippen molar-refractivity contribution in [1.82, 2.24) is 14.7 Å². The zero-order chi connectivity index (χ0) is 22.3. The molecule has 0 amide bonds. The fraction of sp³-hybridized carbons (Fsp3) is 1.00. The molecule has 3 N–H and O–H groups in total. The summed E-state index contributed by atoms with van der Waals surface area (Å²) in [5, 5.41) is 27.6.